The maximum atomic E-state index is 12.4. The largest absolute Gasteiger partial charge is 0.397 e. The van der Waals surface area contributed by atoms with E-state index in [4.69, 9.17) is 17.3 Å². The second kappa shape index (κ2) is 5.27. The Hall–Kier alpha value is -2.25. The van der Waals surface area contributed by atoms with Crippen LogP contribution in [-0.4, -0.2) is 19.6 Å². The van der Waals surface area contributed by atoms with Crippen molar-refractivity contribution in [3.05, 3.63) is 40.7 Å². The van der Waals surface area contributed by atoms with Gasteiger partial charge >= 0.3 is 0 Å². The molecule has 6 nitrogen and oxygen atoms in total. The standard InChI is InChI=1S/C13H10ClN5OS/c1-6-8(4-7(15)5-16-6)13(20)17-11-9(14)2-3-10-12(11)19-21-18-10/h2-5H,15H2,1H3,(H,17,20). The van der Waals surface area contributed by atoms with Gasteiger partial charge in [0.2, 0.25) is 0 Å². The van der Waals surface area contributed by atoms with Crippen LogP contribution in [0.15, 0.2) is 24.4 Å². The van der Waals surface area contributed by atoms with E-state index in [1.165, 1.54) is 6.20 Å². The molecule has 1 aromatic carbocycles. The quantitative estimate of drug-likeness (QED) is 0.757. The number of rotatable bonds is 2. The van der Waals surface area contributed by atoms with Crippen molar-refractivity contribution in [2.75, 3.05) is 11.1 Å². The number of hydrogen-bond donors (Lipinski definition) is 2. The van der Waals surface area contributed by atoms with Gasteiger partial charge in [-0.25, -0.2) is 0 Å². The number of halogens is 1. The van der Waals surface area contributed by atoms with Crippen molar-refractivity contribution in [1.29, 1.82) is 0 Å². The predicted octanol–water partition coefficient (Wildman–Crippen LogP) is 2.88. The number of carbonyl (C=O) groups excluding carboxylic acids is 1. The zero-order valence-corrected chi connectivity index (χ0v) is 12.5. The van der Waals surface area contributed by atoms with E-state index < -0.39 is 0 Å². The van der Waals surface area contributed by atoms with Gasteiger partial charge in [0.25, 0.3) is 5.91 Å². The number of fused-ring (bicyclic) bond motifs is 1. The van der Waals surface area contributed by atoms with Crippen molar-refractivity contribution in [3.8, 4) is 0 Å². The minimum absolute atomic E-state index is 0.338. The highest BCUT2D eigenvalue weighted by Crippen LogP contribution is 2.30. The first-order chi connectivity index (χ1) is 10.1. The van der Waals surface area contributed by atoms with E-state index in [2.05, 4.69) is 19.0 Å². The van der Waals surface area contributed by atoms with Gasteiger partial charge in [-0.1, -0.05) is 11.6 Å². The number of aromatic nitrogens is 3. The summed E-state index contributed by atoms with van der Waals surface area (Å²) in [6.07, 6.45) is 1.50. The van der Waals surface area contributed by atoms with Crippen molar-refractivity contribution in [1.82, 2.24) is 13.7 Å². The molecule has 2 heterocycles. The number of carbonyl (C=O) groups is 1. The molecule has 0 radical (unpaired) electrons. The van der Waals surface area contributed by atoms with E-state index in [0.717, 1.165) is 11.7 Å². The SMILES string of the molecule is Cc1ncc(N)cc1C(=O)Nc1c(Cl)ccc2nsnc12. The molecule has 8 heteroatoms. The maximum absolute atomic E-state index is 12.4. The van der Waals surface area contributed by atoms with Gasteiger partial charge in [0, 0.05) is 0 Å². The summed E-state index contributed by atoms with van der Waals surface area (Å²) in [4.78, 5) is 16.5. The molecule has 1 amide bonds. The fourth-order valence-electron chi connectivity index (χ4n) is 1.91. The van der Waals surface area contributed by atoms with Crippen LogP contribution in [-0.2, 0) is 0 Å². The number of hydrogen-bond acceptors (Lipinski definition) is 6. The fraction of sp³-hybridized carbons (Fsp3) is 0.0769. The molecule has 2 aromatic heterocycles. The molecule has 3 aromatic rings. The minimum Gasteiger partial charge on any atom is -0.397 e. The van der Waals surface area contributed by atoms with Gasteiger partial charge in [-0.05, 0) is 25.1 Å². The normalized spacial score (nSPS) is 10.8. The number of nitrogens with one attached hydrogen (secondary N) is 1. The third-order valence-electron chi connectivity index (χ3n) is 2.97. The Bertz CT molecular complexity index is 848. The molecule has 3 N–H and O–H groups in total. The van der Waals surface area contributed by atoms with Gasteiger partial charge in [-0.2, -0.15) is 8.75 Å². The van der Waals surface area contributed by atoms with Crippen molar-refractivity contribution in [2.45, 2.75) is 6.92 Å². The van der Waals surface area contributed by atoms with Crippen molar-refractivity contribution >= 4 is 51.6 Å². The van der Waals surface area contributed by atoms with E-state index in [1.807, 2.05) is 0 Å². The Balaban J connectivity index is 2.02. The second-order valence-electron chi connectivity index (χ2n) is 4.41. The monoisotopic (exact) mass is 319 g/mol. The first kappa shape index (κ1) is 13.7. The number of amides is 1. The Morgan fingerprint density at radius 1 is 1.38 bits per heavy atom. The van der Waals surface area contributed by atoms with Gasteiger partial charge in [0.15, 0.2) is 0 Å². The summed E-state index contributed by atoms with van der Waals surface area (Å²) in [5.74, 6) is -0.338. The van der Waals surface area contributed by atoms with Crippen LogP contribution in [0.3, 0.4) is 0 Å². The molecule has 0 saturated carbocycles. The summed E-state index contributed by atoms with van der Waals surface area (Å²) in [5.41, 5.74) is 8.76. The molecule has 0 bridgehead atoms. The van der Waals surface area contributed by atoms with Crippen LogP contribution >= 0.6 is 23.3 Å². The highest BCUT2D eigenvalue weighted by molar-refractivity contribution is 7.00. The molecule has 106 valence electrons. The van der Waals surface area contributed by atoms with Gasteiger partial charge in [0.05, 0.1) is 45.6 Å². The zero-order valence-electron chi connectivity index (χ0n) is 10.9. The molecule has 0 aliphatic rings. The number of aryl methyl sites for hydroxylation is 1. The molecule has 0 aliphatic carbocycles. The summed E-state index contributed by atoms with van der Waals surface area (Å²) in [6, 6.07) is 5.00. The van der Waals surface area contributed by atoms with Crippen LogP contribution in [0.4, 0.5) is 11.4 Å². The van der Waals surface area contributed by atoms with Crippen LogP contribution in [0.1, 0.15) is 16.1 Å². The highest BCUT2D eigenvalue weighted by atomic mass is 35.5. The van der Waals surface area contributed by atoms with E-state index >= 15 is 0 Å². The first-order valence-electron chi connectivity index (χ1n) is 6.00. The van der Waals surface area contributed by atoms with Crippen LogP contribution < -0.4 is 11.1 Å². The maximum Gasteiger partial charge on any atom is 0.257 e. The Kier molecular flexibility index (Phi) is 3.44. The number of benzene rings is 1. The summed E-state index contributed by atoms with van der Waals surface area (Å²) < 4.78 is 8.28. The van der Waals surface area contributed by atoms with E-state index in [1.54, 1.807) is 25.1 Å². The molecule has 0 unspecified atom stereocenters. The minimum atomic E-state index is -0.338. The lowest BCUT2D eigenvalue weighted by Gasteiger charge is -2.09. The molecule has 0 fully saturated rings. The molecule has 0 atom stereocenters. The molecular formula is C13H10ClN5OS. The van der Waals surface area contributed by atoms with Crippen LogP contribution in [0, 0.1) is 6.92 Å². The Morgan fingerprint density at radius 2 is 2.19 bits per heavy atom. The van der Waals surface area contributed by atoms with Crippen LogP contribution in [0.2, 0.25) is 5.02 Å². The molecule has 21 heavy (non-hydrogen) atoms. The third-order valence-corrected chi connectivity index (χ3v) is 3.83. The van der Waals surface area contributed by atoms with Crippen molar-refractivity contribution < 1.29 is 4.79 Å². The first-order valence-corrected chi connectivity index (χ1v) is 7.11. The van der Waals surface area contributed by atoms with Crippen molar-refractivity contribution in [2.24, 2.45) is 0 Å². The van der Waals surface area contributed by atoms with Gasteiger partial charge < -0.3 is 11.1 Å². The Morgan fingerprint density at radius 3 is 3.00 bits per heavy atom. The number of nitrogen functional groups attached to an aromatic ring is 1. The van der Waals surface area contributed by atoms with Crippen molar-refractivity contribution in [3.63, 3.8) is 0 Å². The molecule has 0 aliphatic heterocycles. The number of anilines is 2. The molecule has 0 spiro atoms. The Labute approximate surface area is 129 Å². The smallest absolute Gasteiger partial charge is 0.257 e. The lowest BCUT2D eigenvalue weighted by Crippen LogP contribution is -2.15. The summed E-state index contributed by atoms with van der Waals surface area (Å²) in [6.45, 7) is 1.74. The average molecular weight is 320 g/mol. The predicted molar refractivity (Wildman–Crippen MR) is 83.8 cm³/mol. The number of nitrogens with two attached hydrogens (primary N) is 1. The zero-order chi connectivity index (χ0) is 15.0. The molecule has 3 rings (SSSR count). The topological polar surface area (TPSA) is 93.8 Å². The van der Waals surface area contributed by atoms with E-state index in [-0.39, 0.29) is 5.91 Å². The number of nitrogens with zero attached hydrogens (tertiary/aromatic N) is 3. The lowest BCUT2D eigenvalue weighted by atomic mass is 10.1. The second-order valence-corrected chi connectivity index (χ2v) is 5.35. The molecular weight excluding hydrogens is 310 g/mol. The third kappa shape index (κ3) is 2.53. The van der Waals surface area contributed by atoms with E-state index in [9.17, 15) is 4.79 Å². The number of pyridine rings is 1. The molecule has 0 saturated heterocycles. The average Bonchev–Trinajstić information content (AvgIpc) is 2.93. The van der Waals surface area contributed by atoms with Gasteiger partial charge in [0.1, 0.15) is 11.0 Å². The lowest BCUT2D eigenvalue weighted by molar-refractivity contribution is 0.102. The summed E-state index contributed by atoms with van der Waals surface area (Å²) in [7, 11) is 0. The van der Waals surface area contributed by atoms with E-state index in [0.29, 0.717) is 38.7 Å². The van der Waals surface area contributed by atoms with Gasteiger partial charge in [-0.15, -0.1) is 0 Å². The van der Waals surface area contributed by atoms with Crippen LogP contribution in [0.25, 0.3) is 11.0 Å². The fourth-order valence-corrected chi connectivity index (χ4v) is 2.65. The summed E-state index contributed by atoms with van der Waals surface area (Å²) in [5, 5.41) is 3.16. The van der Waals surface area contributed by atoms with Gasteiger partial charge in [-0.3, -0.25) is 9.78 Å². The summed E-state index contributed by atoms with van der Waals surface area (Å²) >= 11 is 7.21. The highest BCUT2D eigenvalue weighted by Gasteiger charge is 2.16. The van der Waals surface area contributed by atoms with Crippen LogP contribution in [0.5, 0.6) is 0 Å².